The number of carbonyl (C=O) groups is 1. The van der Waals surface area contributed by atoms with E-state index in [1.807, 2.05) is 0 Å². The molecule has 0 radical (unpaired) electrons. The van der Waals surface area contributed by atoms with Crippen molar-refractivity contribution in [2.24, 2.45) is 5.73 Å². The van der Waals surface area contributed by atoms with Crippen LogP contribution >= 0.6 is 0 Å². The Kier molecular flexibility index (Phi) is 6.44. The summed E-state index contributed by atoms with van der Waals surface area (Å²) in [5.41, 5.74) is 5.05. The maximum Gasteiger partial charge on any atom is 0.255 e. The molecular formula is C19H21FN2O6S2. The van der Waals surface area contributed by atoms with Crippen molar-refractivity contribution in [2.75, 3.05) is 25.4 Å². The largest absolute Gasteiger partial charge is 0.484 e. The van der Waals surface area contributed by atoms with Crippen molar-refractivity contribution in [3.05, 3.63) is 59.9 Å². The van der Waals surface area contributed by atoms with Gasteiger partial charge in [0.05, 0.1) is 15.9 Å². The summed E-state index contributed by atoms with van der Waals surface area (Å²) in [6.07, 6.45) is -0.0533. The van der Waals surface area contributed by atoms with E-state index >= 15 is 0 Å². The Morgan fingerprint density at radius 3 is 2.43 bits per heavy atom. The van der Waals surface area contributed by atoms with E-state index in [0.717, 1.165) is 4.31 Å². The predicted octanol–water partition coefficient (Wildman–Crippen LogP) is 1.24. The number of primary amides is 1. The van der Waals surface area contributed by atoms with Crippen LogP contribution in [0.2, 0.25) is 0 Å². The molecule has 0 aliphatic carbocycles. The average molecular weight is 457 g/mol. The number of rotatable bonds is 6. The normalized spacial score (nSPS) is 19.7. The second kappa shape index (κ2) is 8.70. The molecule has 162 valence electrons. The summed E-state index contributed by atoms with van der Waals surface area (Å²) in [5, 5.41) is -1.11. The third-order valence-corrected chi connectivity index (χ3v) is 8.82. The molecule has 0 saturated carbocycles. The molecule has 11 heteroatoms. The fourth-order valence-corrected chi connectivity index (χ4v) is 6.63. The first-order valence-electron chi connectivity index (χ1n) is 9.08. The third kappa shape index (κ3) is 4.79. The van der Waals surface area contributed by atoms with Gasteiger partial charge in [-0.1, -0.05) is 18.2 Å². The highest BCUT2D eigenvalue weighted by Gasteiger charge is 2.36. The fraction of sp³-hybridized carbons (Fsp3) is 0.316. The summed E-state index contributed by atoms with van der Waals surface area (Å²) in [6.45, 7) is -0.635. The van der Waals surface area contributed by atoms with E-state index in [4.69, 9.17) is 10.5 Å². The summed E-state index contributed by atoms with van der Waals surface area (Å²) in [6, 6.07) is 11.0. The van der Waals surface area contributed by atoms with Crippen LogP contribution in [0, 0.1) is 5.82 Å². The van der Waals surface area contributed by atoms with Crippen LogP contribution in [-0.2, 0) is 24.7 Å². The van der Waals surface area contributed by atoms with Gasteiger partial charge in [-0.3, -0.25) is 4.79 Å². The van der Waals surface area contributed by atoms with E-state index < -0.39 is 42.6 Å². The number of carbonyl (C=O) groups excluding carboxylic acids is 1. The quantitative estimate of drug-likeness (QED) is 0.698. The van der Waals surface area contributed by atoms with Gasteiger partial charge in [0, 0.05) is 18.7 Å². The summed E-state index contributed by atoms with van der Waals surface area (Å²) < 4.78 is 71.7. The highest BCUT2D eigenvalue weighted by atomic mass is 32.2. The summed E-state index contributed by atoms with van der Waals surface area (Å²) in [7, 11) is -7.71. The van der Waals surface area contributed by atoms with Gasteiger partial charge in [-0.05, 0) is 36.8 Å². The molecule has 3 rings (SSSR count). The van der Waals surface area contributed by atoms with Crippen LogP contribution in [0.5, 0.6) is 5.75 Å². The van der Waals surface area contributed by atoms with Crippen LogP contribution in [0.4, 0.5) is 4.39 Å². The van der Waals surface area contributed by atoms with Crippen molar-refractivity contribution in [3.63, 3.8) is 0 Å². The lowest BCUT2D eigenvalue weighted by Gasteiger charge is -2.20. The molecule has 0 bridgehead atoms. The van der Waals surface area contributed by atoms with Crippen LogP contribution in [0.3, 0.4) is 0 Å². The minimum Gasteiger partial charge on any atom is -0.484 e. The van der Waals surface area contributed by atoms with Crippen LogP contribution in [0.25, 0.3) is 0 Å². The molecule has 0 spiro atoms. The van der Waals surface area contributed by atoms with E-state index in [2.05, 4.69) is 0 Å². The fourth-order valence-electron chi connectivity index (χ4n) is 3.26. The van der Waals surface area contributed by atoms with Gasteiger partial charge in [0.2, 0.25) is 10.0 Å². The second-order valence-electron chi connectivity index (χ2n) is 6.80. The molecule has 2 aromatic rings. The van der Waals surface area contributed by atoms with Gasteiger partial charge >= 0.3 is 0 Å². The second-order valence-corrected chi connectivity index (χ2v) is 11.0. The number of halogens is 1. The summed E-state index contributed by atoms with van der Waals surface area (Å²) >= 11 is 0. The van der Waals surface area contributed by atoms with Crippen LogP contribution in [-0.4, -0.2) is 52.5 Å². The smallest absolute Gasteiger partial charge is 0.255 e. The summed E-state index contributed by atoms with van der Waals surface area (Å²) in [4.78, 5) is 10.7. The lowest BCUT2D eigenvalue weighted by molar-refractivity contribution is -0.119. The highest BCUT2D eigenvalue weighted by molar-refractivity contribution is 7.92. The molecule has 1 aliphatic heterocycles. The zero-order valence-electron chi connectivity index (χ0n) is 15.9. The standard InChI is InChI=1S/C19H21FN2O6S2/c20-17-4-2-1-3-16(17)18-9-10-22(11-12-29(18,24)25)30(26,27)15-7-5-14(6-8-15)28-13-19(21)23/h1-8,18H,9-13H2,(H2,21,23). The van der Waals surface area contributed by atoms with Gasteiger partial charge in [0.15, 0.2) is 16.4 Å². The van der Waals surface area contributed by atoms with Gasteiger partial charge in [0.25, 0.3) is 5.91 Å². The molecule has 1 atom stereocenters. The first kappa shape index (κ1) is 22.2. The van der Waals surface area contributed by atoms with Crippen molar-refractivity contribution in [3.8, 4) is 5.75 Å². The van der Waals surface area contributed by atoms with Crippen molar-refractivity contribution in [1.29, 1.82) is 0 Å². The molecule has 8 nitrogen and oxygen atoms in total. The van der Waals surface area contributed by atoms with Crippen molar-refractivity contribution in [1.82, 2.24) is 4.31 Å². The molecule has 1 aliphatic rings. The minimum absolute atomic E-state index is 0.0457. The summed E-state index contributed by atoms with van der Waals surface area (Å²) in [5.74, 6) is -1.44. The third-order valence-electron chi connectivity index (χ3n) is 4.79. The zero-order chi connectivity index (χ0) is 21.9. The molecule has 1 unspecified atom stereocenters. The molecule has 2 aromatic carbocycles. The van der Waals surface area contributed by atoms with E-state index in [9.17, 15) is 26.0 Å². The van der Waals surface area contributed by atoms with E-state index in [1.165, 1.54) is 42.5 Å². The Balaban J connectivity index is 1.81. The molecule has 2 N–H and O–H groups in total. The number of hydrogen-bond donors (Lipinski definition) is 1. The molecular weight excluding hydrogens is 435 g/mol. The van der Waals surface area contributed by atoms with Gasteiger partial charge in [-0.25, -0.2) is 21.2 Å². The number of ether oxygens (including phenoxy) is 1. The first-order valence-corrected chi connectivity index (χ1v) is 12.2. The van der Waals surface area contributed by atoms with E-state index in [0.29, 0.717) is 0 Å². The Labute approximate surface area is 174 Å². The number of nitrogens with zero attached hydrogens (tertiary/aromatic N) is 1. The van der Waals surface area contributed by atoms with E-state index in [1.54, 1.807) is 6.07 Å². The highest BCUT2D eigenvalue weighted by Crippen LogP contribution is 2.32. The number of hydrogen-bond acceptors (Lipinski definition) is 6. The van der Waals surface area contributed by atoms with Crippen LogP contribution < -0.4 is 10.5 Å². The topological polar surface area (TPSA) is 124 Å². The van der Waals surface area contributed by atoms with Crippen molar-refractivity contribution in [2.45, 2.75) is 16.6 Å². The van der Waals surface area contributed by atoms with Gasteiger partial charge < -0.3 is 10.5 Å². The zero-order valence-corrected chi connectivity index (χ0v) is 17.5. The van der Waals surface area contributed by atoms with Crippen LogP contribution in [0.1, 0.15) is 17.2 Å². The number of nitrogens with two attached hydrogens (primary N) is 1. The van der Waals surface area contributed by atoms with Crippen molar-refractivity contribution < 1.29 is 30.8 Å². The number of amides is 1. The van der Waals surface area contributed by atoms with Gasteiger partial charge in [-0.2, -0.15) is 4.31 Å². The lowest BCUT2D eigenvalue weighted by atomic mass is 10.1. The number of sulfonamides is 1. The van der Waals surface area contributed by atoms with Gasteiger partial charge in [-0.15, -0.1) is 0 Å². The number of benzene rings is 2. The lowest BCUT2D eigenvalue weighted by Crippen LogP contribution is -2.33. The maximum absolute atomic E-state index is 14.2. The molecule has 1 saturated heterocycles. The monoisotopic (exact) mass is 456 g/mol. The van der Waals surface area contributed by atoms with Crippen molar-refractivity contribution >= 4 is 25.8 Å². The molecule has 0 aromatic heterocycles. The molecule has 1 fully saturated rings. The molecule has 1 heterocycles. The maximum atomic E-state index is 14.2. The Hall–Kier alpha value is -2.50. The number of sulfone groups is 1. The SMILES string of the molecule is NC(=O)COc1ccc(S(=O)(=O)N2CCC(c3ccccc3F)S(=O)(=O)CC2)cc1. The Morgan fingerprint density at radius 1 is 1.13 bits per heavy atom. The van der Waals surface area contributed by atoms with Crippen LogP contribution in [0.15, 0.2) is 53.4 Å². The Morgan fingerprint density at radius 2 is 1.80 bits per heavy atom. The van der Waals surface area contributed by atoms with Gasteiger partial charge in [0.1, 0.15) is 11.6 Å². The molecule has 1 amide bonds. The Bertz CT molecular complexity index is 1130. The van der Waals surface area contributed by atoms with E-state index in [-0.39, 0.29) is 42.3 Å². The predicted molar refractivity (Wildman–Crippen MR) is 107 cm³/mol. The first-order chi connectivity index (χ1) is 14.1. The average Bonchev–Trinajstić information content (AvgIpc) is 2.85. The minimum atomic E-state index is -3.97. The molecule has 30 heavy (non-hydrogen) atoms.